The van der Waals surface area contributed by atoms with Crippen LogP contribution in [0.4, 0.5) is 0 Å². The summed E-state index contributed by atoms with van der Waals surface area (Å²) in [4.78, 5) is 24.5. The highest BCUT2D eigenvalue weighted by molar-refractivity contribution is 5.87. The van der Waals surface area contributed by atoms with Crippen molar-refractivity contribution >= 4 is 11.6 Å². The van der Waals surface area contributed by atoms with E-state index in [1.165, 1.54) is 11.1 Å². The molecule has 0 aromatic rings. The van der Waals surface area contributed by atoms with Crippen molar-refractivity contribution < 1.29 is 14.7 Å². The van der Waals surface area contributed by atoms with Crippen LogP contribution in [0.1, 0.15) is 65.2 Å². The number of hydrogen-bond donors (Lipinski definition) is 1. The highest BCUT2D eigenvalue weighted by Gasteiger charge is 2.60. The predicted octanol–water partition coefficient (Wildman–Crippen LogP) is 3.45. The number of rotatable bonds is 1. The molecule has 0 amide bonds. The molecule has 3 saturated carbocycles. The number of aliphatic hydroxyl groups is 1. The summed E-state index contributed by atoms with van der Waals surface area (Å²) >= 11 is 0. The topological polar surface area (TPSA) is 54.4 Å². The number of hydrogen-bond acceptors (Lipinski definition) is 3. The fourth-order valence-electron chi connectivity index (χ4n) is 6.76. The molecular weight excluding hydrogens is 288 g/mol. The Morgan fingerprint density at radius 2 is 1.91 bits per heavy atom. The number of allylic oxidation sites excluding steroid dienone is 1. The van der Waals surface area contributed by atoms with Crippen molar-refractivity contribution in [2.24, 2.45) is 28.6 Å². The molecule has 0 heterocycles. The molecule has 0 aliphatic heterocycles. The van der Waals surface area contributed by atoms with Gasteiger partial charge in [0, 0.05) is 30.1 Å². The van der Waals surface area contributed by atoms with E-state index in [4.69, 9.17) is 0 Å². The number of carbonyl (C=O) groups excluding carboxylic acids is 2. The number of fused-ring (bicyclic) bond motifs is 5. The minimum atomic E-state index is -0.173. The Hall–Kier alpha value is -0.960. The van der Waals surface area contributed by atoms with Crippen molar-refractivity contribution in [2.45, 2.75) is 65.2 Å². The molecule has 4 aliphatic carbocycles. The van der Waals surface area contributed by atoms with E-state index in [0.29, 0.717) is 42.2 Å². The average molecular weight is 316 g/mol. The van der Waals surface area contributed by atoms with Crippen LogP contribution in [0, 0.1) is 28.6 Å². The van der Waals surface area contributed by atoms with E-state index >= 15 is 0 Å². The first-order chi connectivity index (χ1) is 10.9. The second kappa shape index (κ2) is 5.02. The lowest BCUT2D eigenvalue weighted by Crippen LogP contribution is -2.53. The third kappa shape index (κ3) is 1.92. The van der Waals surface area contributed by atoms with Crippen LogP contribution in [0.2, 0.25) is 0 Å². The Bertz CT molecular complexity index is 604. The molecule has 5 atom stereocenters. The monoisotopic (exact) mass is 316 g/mol. The van der Waals surface area contributed by atoms with Crippen LogP contribution in [0.5, 0.6) is 0 Å². The van der Waals surface area contributed by atoms with Gasteiger partial charge in [-0.1, -0.05) is 18.1 Å². The van der Waals surface area contributed by atoms with E-state index in [2.05, 4.69) is 13.8 Å². The fourth-order valence-corrected chi connectivity index (χ4v) is 6.76. The van der Waals surface area contributed by atoms with Gasteiger partial charge < -0.3 is 5.11 Å². The molecule has 3 fully saturated rings. The van der Waals surface area contributed by atoms with Crippen molar-refractivity contribution in [3.05, 3.63) is 11.1 Å². The highest BCUT2D eigenvalue weighted by Crippen LogP contribution is 2.64. The number of Topliss-reactive ketones (excluding diaryl/α,β-unsaturated/α-hetero) is 2. The summed E-state index contributed by atoms with van der Waals surface area (Å²) in [5.74, 6) is 2.25. The molecule has 23 heavy (non-hydrogen) atoms. The predicted molar refractivity (Wildman–Crippen MR) is 87.7 cm³/mol. The number of aliphatic hydroxyl groups excluding tert-OH is 1. The maximum atomic E-state index is 12.5. The highest BCUT2D eigenvalue weighted by atomic mass is 16.3. The molecular formula is C20H28O3. The van der Waals surface area contributed by atoms with Gasteiger partial charge in [0.25, 0.3) is 0 Å². The third-order valence-corrected chi connectivity index (χ3v) is 8.02. The molecule has 1 N–H and O–H groups in total. The van der Waals surface area contributed by atoms with E-state index in [9.17, 15) is 14.7 Å². The number of ketones is 2. The SMILES string of the molecule is CC1=C2CC(=O)CC[C@]2(CO)[C@H]2CC[C@]3(C)C(=O)CC[C@H]3[C@@H]2C1. The first-order valence-corrected chi connectivity index (χ1v) is 9.27. The lowest BCUT2D eigenvalue weighted by molar-refractivity contribution is -0.133. The first kappa shape index (κ1) is 15.6. The molecule has 0 spiro atoms. The van der Waals surface area contributed by atoms with Crippen LogP contribution < -0.4 is 0 Å². The van der Waals surface area contributed by atoms with E-state index in [0.717, 1.165) is 38.5 Å². The molecule has 4 rings (SSSR count). The van der Waals surface area contributed by atoms with Crippen LogP contribution in [0.25, 0.3) is 0 Å². The molecule has 0 radical (unpaired) electrons. The standard InChI is InChI=1S/C20H28O3/c1-12-9-14-15-3-4-18(23)19(15,2)7-6-16(14)20(11-21)8-5-13(22)10-17(12)20/h14-16,21H,3-11H2,1-2H3/t14-,15-,16-,19-,20-/m0/s1. The largest absolute Gasteiger partial charge is 0.395 e. The smallest absolute Gasteiger partial charge is 0.139 e. The Morgan fingerprint density at radius 1 is 1.13 bits per heavy atom. The second-order valence-electron chi connectivity index (χ2n) is 8.79. The van der Waals surface area contributed by atoms with Crippen molar-refractivity contribution in [1.82, 2.24) is 0 Å². The average Bonchev–Trinajstić information content (AvgIpc) is 2.84. The Kier molecular flexibility index (Phi) is 3.39. The second-order valence-corrected chi connectivity index (χ2v) is 8.79. The summed E-state index contributed by atoms with van der Waals surface area (Å²) < 4.78 is 0. The third-order valence-electron chi connectivity index (χ3n) is 8.02. The van der Waals surface area contributed by atoms with Crippen LogP contribution in [0.15, 0.2) is 11.1 Å². The molecule has 0 aromatic carbocycles. The van der Waals surface area contributed by atoms with Crippen molar-refractivity contribution in [1.29, 1.82) is 0 Å². The van der Waals surface area contributed by atoms with Gasteiger partial charge in [0.15, 0.2) is 0 Å². The zero-order valence-corrected chi connectivity index (χ0v) is 14.4. The van der Waals surface area contributed by atoms with E-state index in [-0.39, 0.29) is 17.4 Å². The molecule has 4 aliphatic rings. The Morgan fingerprint density at radius 3 is 2.65 bits per heavy atom. The zero-order chi connectivity index (χ0) is 16.4. The maximum absolute atomic E-state index is 12.5. The summed E-state index contributed by atoms with van der Waals surface area (Å²) in [6.45, 7) is 4.52. The molecule has 0 aromatic heterocycles. The Balaban J connectivity index is 1.78. The van der Waals surface area contributed by atoms with E-state index in [1.54, 1.807) is 0 Å². The van der Waals surface area contributed by atoms with Gasteiger partial charge in [0.2, 0.25) is 0 Å². The zero-order valence-electron chi connectivity index (χ0n) is 14.4. The quantitative estimate of drug-likeness (QED) is 0.754. The van der Waals surface area contributed by atoms with Crippen LogP contribution in [-0.4, -0.2) is 23.3 Å². The lowest BCUT2D eigenvalue weighted by atomic mass is 9.46. The summed E-state index contributed by atoms with van der Waals surface area (Å²) in [6.07, 6.45) is 6.78. The van der Waals surface area contributed by atoms with Gasteiger partial charge in [0.05, 0.1) is 6.61 Å². The Labute approximate surface area is 138 Å². The molecule has 0 bridgehead atoms. The van der Waals surface area contributed by atoms with Gasteiger partial charge in [-0.3, -0.25) is 9.59 Å². The van der Waals surface area contributed by atoms with Gasteiger partial charge in [-0.15, -0.1) is 0 Å². The molecule has 0 unspecified atom stereocenters. The first-order valence-electron chi connectivity index (χ1n) is 9.27. The van der Waals surface area contributed by atoms with Gasteiger partial charge in [-0.05, 0) is 56.8 Å². The van der Waals surface area contributed by atoms with Crippen molar-refractivity contribution in [2.75, 3.05) is 6.61 Å². The number of carbonyl (C=O) groups is 2. The molecule has 3 nitrogen and oxygen atoms in total. The van der Waals surface area contributed by atoms with Crippen molar-refractivity contribution in [3.63, 3.8) is 0 Å². The van der Waals surface area contributed by atoms with Gasteiger partial charge in [-0.2, -0.15) is 0 Å². The normalized spacial score (nSPS) is 46.5. The summed E-state index contributed by atoms with van der Waals surface area (Å²) in [6, 6.07) is 0. The molecule has 126 valence electrons. The lowest BCUT2D eigenvalue weighted by Gasteiger charge is -2.57. The van der Waals surface area contributed by atoms with Gasteiger partial charge in [0.1, 0.15) is 11.6 Å². The van der Waals surface area contributed by atoms with Crippen LogP contribution >= 0.6 is 0 Å². The minimum Gasteiger partial charge on any atom is -0.395 e. The van der Waals surface area contributed by atoms with Crippen molar-refractivity contribution in [3.8, 4) is 0 Å². The van der Waals surface area contributed by atoms with Crippen LogP contribution in [-0.2, 0) is 9.59 Å². The van der Waals surface area contributed by atoms with Gasteiger partial charge >= 0.3 is 0 Å². The summed E-state index contributed by atoms with van der Waals surface area (Å²) in [5, 5.41) is 10.4. The maximum Gasteiger partial charge on any atom is 0.139 e. The fraction of sp³-hybridized carbons (Fsp3) is 0.800. The van der Waals surface area contributed by atoms with Gasteiger partial charge in [-0.25, -0.2) is 0 Å². The van der Waals surface area contributed by atoms with E-state index in [1.807, 2.05) is 0 Å². The van der Waals surface area contributed by atoms with Crippen LogP contribution in [0.3, 0.4) is 0 Å². The summed E-state index contributed by atoms with van der Waals surface area (Å²) in [7, 11) is 0. The molecule has 3 heteroatoms. The summed E-state index contributed by atoms with van der Waals surface area (Å²) in [5.41, 5.74) is 2.29. The minimum absolute atomic E-state index is 0.125. The molecule has 0 saturated heterocycles. The van der Waals surface area contributed by atoms with E-state index < -0.39 is 0 Å².